The number of aliphatic hydroxyl groups is 1. The van der Waals surface area contributed by atoms with E-state index in [-0.39, 0.29) is 6.10 Å². The van der Waals surface area contributed by atoms with E-state index >= 15 is 0 Å². The molecule has 0 radical (unpaired) electrons. The largest absolute Gasteiger partial charge is 0.393 e. The molecule has 1 aromatic rings. The maximum Gasteiger partial charge on any atom is 0.0577 e. The SMILES string of the molecule is C=Cc1ccccc1.CC(C)CCCC(C)[C@H]1CC[C@H]2[C@@H]3CC=C4C[C@@H](O)CC[C@]4(C)[C@H]3CC[C@]12C. The Morgan fingerprint density at radius 3 is 2.39 bits per heavy atom. The number of allylic oxidation sites excluding steroid dienone is 1. The summed E-state index contributed by atoms with van der Waals surface area (Å²) < 4.78 is 0. The summed E-state index contributed by atoms with van der Waals surface area (Å²) in [5.41, 5.74) is 3.78. The Morgan fingerprint density at radius 1 is 0.972 bits per heavy atom. The van der Waals surface area contributed by atoms with Crippen LogP contribution < -0.4 is 0 Å². The summed E-state index contributed by atoms with van der Waals surface area (Å²) in [6, 6.07) is 10.0. The van der Waals surface area contributed by atoms with E-state index < -0.39 is 0 Å². The van der Waals surface area contributed by atoms with Gasteiger partial charge in [0.05, 0.1) is 6.10 Å². The fourth-order valence-electron chi connectivity index (χ4n) is 9.26. The molecule has 8 atom stereocenters. The molecule has 3 fully saturated rings. The van der Waals surface area contributed by atoms with Crippen molar-refractivity contribution in [1.29, 1.82) is 0 Å². The smallest absolute Gasteiger partial charge is 0.0577 e. The monoisotopic (exact) mass is 490 g/mol. The molecule has 4 aliphatic rings. The van der Waals surface area contributed by atoms with Crippen LogP contribution in [0.2, 0.25) is 0 Å². The van der Waals surface area contributed by atoms with Gasteiger partial charge in [0.25, 0.3) is 0 Å². The Labute approximate surface area is 222 Å². The van der Waals surface area contributed by atoms with Crippen LogP contribution in [0.4, 0.5) is 0 Å². The van der Waals surface area contributed by atoms with Crippen LogP contribution in [0.5, 0.6) is 0 Å². The van der Waals surface area contributed by atoms with E-state index in [4.69, 9.17) is 0 Å². The topological polar surface area (TPSA) is 20.2 Å². The zero-order chi connectivity index (χ0) is 25.9. The Hall–Kier alpha value is -1.34. The van der Waals surface area contributed by atoms with Crippen molar-refractivity contribution in [1.82, 2.24) is 0 Å². The lowest BCUT2D eigenvalue weighted by molar-refractivity contribution is -0.0573. The van der Waals surface area contributed by atoms with Crippen LogP contribution in [0.1, 0.15) is 111 Å². The highest BCUT2D eigenvalue weighted by molar-refractivity contribution is 5.45. The van der Waals surface area contributed by atoms with Gasteiger partial charge in [-0.05, 0) is 103 Å². The van der Waals surface area contributed by atoms with Crippen LogP contribution in [0, 0.1) is 46.3 Å². The first-order valence-corrected chi connectivity index (χ1v) is 15.2. The van der Waals surface area contributed by atoms with Gasteiger partial charge in [-0.3, -0.25) is 0 Å². The summed E-state index contributed by atoms with van der Waals surface area (Å²) in [7, 11) is 0. The minimum absolute atomic E-state index is 0.0766. The summed E-state index contributed by atoms with van der Waals surface area (Å²) >= 11 is 0. The Kier molecular flexibility index (Phi) is 8.91. The molecule has 1 aromatic carbocycles. The van der Waals surface area contributed by atoms with E-state index in [1.54, 1.807) is 5.57 Å². The van der Waals surface area contributed by atoms with E-state index in [2.05, 4.69) is 47.3 Å². The second kappa shape index (κ2) is 11.6. The third kappa shape index (κ3) is 5.57. The molecule has 36 heavy (non-hydrogen) atoms. The summed E-state index contributed by atoms with van der Waals surface area (Å²) in [5, 5.41) is 10.2. The van der Waals surface area contributed by atoms with Gasteiger partial charge >= 0.3 is 0 Å². The van der Waals surface area contributed by atoms with Crippen molar-refractivity contribution in [2.24, 2.45) is 46.3 Å². The molecule has 200 valence electrons. The van der Waals surface area contributed by atoms with Crippen molar-refractivity contribution in [3.63, 3.8) is 0 Å². The molecule has 0 saturated heterocycles. The molecule has 1 heteroatoms. The molecule has 5 rings (SSSR count). The van der Waals surface area contributed by atoms with Crippen LogP contribution in [0.25, 0.3) is 6.08 Å². The van der Waals surface area contributed by atoms with Gasteiger partial charge < -0.3 is 5.11 Å². The molecule has 0 bridgehead atoms. The number of fused-ring (bicyclic) bond motifs is 5. The molecule has 1 N–H and O–H groups in total. The molecule has 1 nitrogen and oxygen atoms in total. The number of benzene rings is 1. The zero-order valence-electron chi connectivity index (χ0n) is 24.0. The van der Waals surface area contributed by atoms with Crippen LogP contribution >= 0.6 is 0 Å². The quantitative estimate of drug-likeness (QED) is 0.393. The first kappa shape index (κ1) is 27.7. The van der Waals surface area contributed by atoms with Crippen molar-refractivity contribution in [3.8, 4) is 0 Å². The zero-order valence-corrected chi connectivity index (χ0v) is 24.0. The lowest BCUT2D eigenvalue weighted by Crippen LogP contribution is -2.50. The van der Waals surface area contributed by atoms with E-state index in [9.17, 15) is 5.11 Å². The van der Waals surface area contributed by atoms with Crippen molar-refractivity contribution >= 4 is 6.08 Å². The van der Waals surface area contributed by atoms with E-state index in [0.717, 1.165) is 48.3 Å². The molecule has 1 unspecified atom stereocenters. The number of rotatable bonds is 6. The minimum atomic E-state index is -0.0766. The predicted octanol–water partition coefficient (Wildman–Crippen LogP) is 9.72. The standard InChI is InChI=1S/C27H46O.C8H8/c1-18(2)7-6-8-19(3)23-11-12-24-22-10-9-20-17-21(28)13-15-26(20,4)25(22)14-16-27(23,24)5;1-2-8-6-4-3-5-7-8/h9,18-19,21-25,28H,6-8,10-17H2,1-5H3;2-7H,1H2/t19?,21-,22-,23+,24-,25-,26-,27+;/m0./s1. The van der Waals surface area contributed by atoms with E-state index in [1.807, 2.05) is 36.4 Å². The Bertz CT molecular complexity index is 883. The number of hydrogen-bond donors (Lipinski definition) is 1. The predicted molar refractivity (Wildman–Crippen MR) is 156 cm³/mol. The van der Waals surface area contributed by atoms with Gasteiger partial charge in [0.15, 0.2) is 0 Å². The summed E-state index contributed by atoms with van der Waals surface area (Å²) in [6.07, 6.45) is 19.0. The molecular formula is C35H54O. The van der Waals surface area contributed by atoms with Gasteiger partial charge in [-0.2, -0.15) is 0 Å². The van der Waals surface area contributed by atoms with E-state index in [0.29, 0.717) is 10.8 Å². The van der Waals surface area contributed by atoms with Crippen LogP contribution in [-0.2, 0) is 0 Å². The average Bonchev–Trinajstić information content (AvgIpc) is 3.22. The maximum absolute atomic E-state index is 10.2. The van der Waals surface area contributed by atoms with Gasteiger partial charge in [0, 0.05) is 0 Å². The first-order valence-electron chi connectivity index (χ1n) is 15.2. The lowest BCUT2D eigenvalue weighted by atomic mass is 9.47. The molecule has 0 spiro atoms. The van der Waals surface area contributed by atoms with E-state index in [1.165, 1.54) is 63.4 Å². The van der Waals surface area contributed by atoms with Crippen LogP contribution in [0.3, 0.4) is 0 Å². The molecule has 0 aliphatic heterocycles. The van der Waals surface area contributed by atoms with Gasteiger partial charge in [0.2, 0.25) is 0 Å². The number of aliphatic hydroxyl groups excluding tert-OH is 1. The second-order valence-electron chi connectivity index (χ2n) is 13.8. The maximum atomic E-state index is 10.2. The summed E-state index contributed by atoms with van der Waals surface area (Å²) in [6.45, 7) is 16.2. The normalized spacial score (nSPS) is 38.1. The second-order valence-corrected chi connectivity index (χ2v) is 13.8. The van der Waals surface area contributed by atoms with Crippen molar-refractivity contribution in [3.05, 3.63) is 54.1 Å². The van der Waals surface area contributed by atoms with Crippen molar-refractivity contribution in [2.45, 2.75) is 111 Å². The Balaban J connectivity index is 0.000000325. The number of hydrogen-bond acceptors (Lipinski definition) is 1. The van der Waals surface area contributed by atoms with Gasteiger partial charge in [-0.25, -0.2) is 0 Å². The molecular weight excluding hydrogens is 436 g/mol. The highest BCUT2D eigenvalue weighted by atomic mass is 16.3. The minimum Gasteiger partial charge on any atom is -0.393 e. The molecule has 4 aliphatic carbocycles. The van der Waals surface area contributed by atoms with Gasteiger partial charge in [-0.1, -0.05) is 109 Å². The van der Waals surface area contributed by atoms with Crippen molar-refractivity contribution < 1.29 is 5.11 Å². The first-order chi connectivity index (χ1) is 17.2. The molecule has 0 heterocycles. The third-order valence-corrected chi connectivity index (χ3v) is 11.3. The molecule has 0 amide bonds. The molecule has 3 saturated carbocycles. The highest BCUT2D eigenvalue weighted by Crippen LogP contribution is 2.67. The van der Waals surface area contributed by atoms with Crippen LogP contribution in [-0.4, -0.2) is 11.2 Å². The fourth-order valence-corrected chi connectivity index (χ4v) is 9.26. The fraction of sp³-hybridized carbons (Fsp3) is 0.714. The van der Waals surface area contributed by atoms with Gasteiger partial charge in [0.1, 0.15) is 0 Å². The third-order valence-electron chi connectivity index (χ3n) is 11.3. The highest BCUT2D eigenvalue weighted by Gasteiger charge is 2.59. The Morgan fingerprint density at radius 2 is 1.72 bits per heavy atom. The summed E-state index contributed by atoms with van der Waals surface area (Å²) in [5.74, 6) is 5.46. The van der Waals surface area contributed by atoms with Gasteiger partial charge in [-0.15, -0.1) is 0 Å². The lowest BCUT2D eigenvalue weighted by Gasteiger charge is -2.58. The van der Waals surface area contributed by atoms with Crippen LogP contribution in [0.15, 0.2) is 48.6 Å². The molecule has 0 aromatic heterocycles. The average molecular weight is 491 g/mol. The summed E-state index contributed by atoms with van der Waals surface area (Å²) in [4.78, 5) is 0. The van der Waals surface area contributed by atoms with Crippen molar-refractivity contribution in [2.75, 3.05) is 0 Å².